The van der Waals surface area contributed by atoms with E-state index >= 15 is 0 Å². The van der Waals surface area contributed by atoms with Crippen LogP contribution in [-0.4, -0.2) is 30.8 Å². The Morgan fingerprint density at radius 2 is 1.52 bits per heavy atom. The number of likely N-dealkylation sites (tertiary alicyclic amines) is 1. The van der Waals surface area contributed by atoms with E-state index in [-0.39, 0.29) is 17.0 Å². The molecule has 27 heavy (non-hydrogen) atoms. The van der Waals surface area contributed by atoms with Crippen molar-refractivity contribution in [2.75, 3.05) is 20.1 Å². The van der Waals surface area contributed by atoms with Gasteiger partial charge in [-0.3, -0.25) is 9.69 Å². The lowest BCUT2D eigenvalue weighted by Gasteiger charge is -2.26. The van der Waals surface area contributed by atoms with E-state index in [1.54, 1.807) is 24.3 Å². The molecule has 3 rings (SSSR count). The maximum Gasteiger partial charge on any atom is 0.187 e. The van der Waals surface area contributed by atoms with Crippen LogP contribution in [0.25, 0.3) is 12.2 Å². The highest BCUT2D eigenvalue weighted by Crippen LogP contribution is 2.25. The van der Waals surface area contributed by atoms with Gasteiger partial charge in [-0.15, -0.1) is 0 Å². The molecule has 1 heterocycles. The molecule has 0 spiro atoms. The van der Waals surface area contributed by atoms with E-state index < -0.39 is 0 Å². The molecular weight excluding hydrogens is 337 g/mol. The van der Waals surface area contributed by atoms with Crippen LogP contribution in [0.1, 0.15) is 37.5 Å². The molecule has 0 radical (unpaired) electrons. The summed E-state index contributed by atoms with van der Waals surface area (Å²) < 4.78 is 14.0. The first-order valence-electron chi connectivity index (χ1n) is 9.23. The number of likely N-dealkylation sites (N-methyl/N-ethyl adjacent to an activating group) is 1. The molecule has 1 aliphatic rings. The second-order valence-corrected chi connectivity index (χ2v) is 8.23. The molecule has 2 aromatic carbocycles. The molecule has 1 saturated heterocycles. The maximum atomic E-state index is 14.0. The van der Waals surface area contributed by atoms with Gasteiger partial charge in [-0.05, 0) is 41.8 Å². The number of halogens is 1. The van der Waals surface area contributed by atoms with Crippen LogP contribution < -0.4 is 0 Å². The van der Waals surface area contributed by atoms with E-state index in [1.165, 1.54) is 11.6 Å². The van der Waals surface area contributed by atoms with Crippen LogP contribution in [0.2, 0.25) is 0 Å². The zero-order valence-corrected chi connectivity index (χ0v) is 16.4. The van der Waals surface area contributed by atoms with Gasteiger partial charge < -0.3 is 0 Å². The number of rotatable bonds is 2. The zero-order valence-electron chi connectivity index (χ0n) is 16.4. The quantitative estimate of drug-likeness (QED) is 0.692. The van der Waals surface area contributed by atoms with Crippen molar-refractivity contribution in [3.05, 3.63) is 82.2 Å². The van der Waals surface area contributed by atoms with Crippen LogP contribution in [0.4, 0.5) is 4.39 Å². The summed E-state index contributed by atoms with van der Waals surface area (Å²) in [6, 6.07) is 14.9. The molecule has 0 amide bonds. The molecule has 1 fully saturated rings. The molecule has 0 unspecified atom stereocenters. The largest absolute Gasteiger partial charge is 0.298 e. The molecule has 0 atom stereocenters. The summed E-state index contributed by atoms with van der Waals surface area (Å²) in [6.45, 7) is 7.65. The van der Waals surface area contributed by atoms with E-state index in [1.807, 2.05) is 13.1 Å². The first kappa shape index (κ1) is 19.2. The fourth-order valence-corrected chi connectivity index (χ4v) is 3.27. The molecule has 0 saturated carbocycles. The van der Waals surface area contributed by atoms with Crippen LogP contribution >= 0.6 is 0 Å². The number of carbonyl (C=O) groups excluding carboxylic acids is 1. The first-order valence-corrected chi connectivity index (χ1v) is 9.23. The number of hydrogen-bond donors (Lipinski definition) is 0. The summed E-state index contributed by atoms with van der Waals surface area (Å²) in [7, 11) is 1.97. The third-order valence-corrected chi connectivity index (χ3v) is 4.82. The summed E-state index contributed by atoms with van der Waals surface area (Å²) in [6.07, 6.45) is 3.61. The number of nitrogens with zero attached hydrogens (tertiary/aromatic N) is 1. The number of hydrogen-bond acceptors (Lipinski definition) is 2. The number of benzene rings is 2. The molecule has 2 aromatic rings. The Labute approximate surface area is 161 Å². The lowest BCUT2D eigenvalue weighted by molar-refractivity contribution is -0.113. The summed E-state index contributed by atoms with van der Waals surface area (Å²) >= 11 is 0. The number of carbonyl (C=O) groups is 1. The highest BCUT2D eigenvalue weighted by molar-refractivity contribution is 6.14. The van der Waals surface area contributed by atoms with E-state index in [2.05, 4.69) is 49.9 Å². The minimum atomic E-state index is -0.311. The Hall–Kier alpha value is -2.52. The Morgan fingerprint density at radius 3 is 2.11 bits per heavy atom. The van der Waals surface area contributed by atoms with Crippen molar-refractivity contribution in [1.82, 2.24) is 4.90 Å². The minimum absolute atomic E-state index is 0.00347. The van der Waals surface area contributed by atoms with E-state index in [0.717, 1.165) is 11.1 Å². The molecule has 1 aliphatic heterocycles. The van der Waals surface area contributed by atoms with Gasteiger partial charge in [0, 0.05) is 29.8 Å². The number of Topliss-reactive ketones (excluding diaryl/α,β-unsaturated/α-hetero) is 1. The summed E-state index contributed by atoms with van der Waals surface area (Å²) in [5.74, 6) is -0.314. The van der Waals surface area contributed by atoms with Crippen LogP contribution in [-0.2, 0) is 10.2 Å². The van der Waals surface area contributed by atoms with Crippen molar-refractivity contribution >= 4 is 17.9 Å². The first-order chi connectivity index (χ1) is 12.7. The van der Waals surface area contributed by atoms with Crippen LogP contribution in [0.15, 0.2) is 59.7 Å². The average Bonchev–Trinajstić information content (AvgIpc) is 2.60. The predicted molar refractivity (Wildman–Crippen MR) is 110 cm³/mol. The maximum absolute atomic E-state index is 14.0. The van der Waals surface area contributed by atoms with Gasteiger partial charge in [-0.1, -0.05) is 63.2 Å². The van der Waals surface area contributed by atoms with Crippen LogP contribution in [0.5, 0.6) is 0 Å². The average molecular weight is 363 g/mol. The van der Waals surface area contributed by atoms with Crippen molar-refractivity contribution in [3.8, 4) is 0 Å². The Balaban J connectivity index is 1.90. The van der Waals surface area contributed by atoms with Crippen molar-refractivity contribution in [1.29, 1.82) is 0 Å². The van der Waals surface area contributed by atoms with Crippen molar-refractivity contribution in [3.63, 3.8) is 0 Å². The van der Waals surface area contributed by atoms with Crippen LogP contribution in [0, 0.1) is 5.82 Å². The highest BCUT2D eigenvalue weighted by atomic mass is 19.1. The van der Waals surface area contributed by atoms with Crippen molar-refractivity contribution in [2.24, 2.45) is 0 Å². The molecule has 2 nitrogen and oxygen atoms in total. The predicted octanol–water partition coefficient (Wildman–Crippen LogP) is 5.10. The summed E-state index contributed by atoms with van der Waals surface area (Å²) in [5.41, 5.74) is 4.16. The Morgan fingerprint density at radius 1 is 0.926 bits per heavy atom. The molecule has 140 valence electrons. The van der Waals surface area contributed by atoms with Gasteiger partial charge >= 0.3 is 0 Å². The van der Waals surface area contributed by atoms with Gasteiger partial charge in [0.05, 0.1) is 0 Å². The van der Waals surface area contributed by atoms with Crippen molar-refractivity contribution in [2.45, 2.75) is 26.2 Å². The van der Waals surface area contributed by atoms with Gasteiger partial charge in [0.2, 0.25) is 0 Å². The second kappa shape index (κ2) is 7.61. The summed E-state index contributed by atoms with van der Waals surface area (Å²) in [5, 5.41) is 0. The molecule has 0 aliphatic carbocycles. The molecule has 3 heteroatoms. The topological polar surface area (TPSA) is 20.3 Å². The number of piperidine rings is 1. The Kier molecular flexibility index (Phi) is 5.43. The smallest absolute Gasteiger partial charge is 0.187 e. The fraction of sp³-hybridized carbons (Fsp3) is 0.292. The summed E-state index contributed by atoms with van der Waals surface area (Å²) in [4.78, 5) is 15.0. The normalized spacial score (nSPS) is 19.1. The van der Waals surface area contributed by atoms with E-state index in [9.17, 15) is 9.18 Å². The zero-order chi connectivity index (χ0) is 19.6. The third kappa shape index (κ3) is 4.61. The van der Waals surface area contributed by atoms with E-state index in [4.69, 9.17) is 0 Å². The lowest BCUT2D eigenvalue weighted by atomic mass is 9.86. The SMILES string of the molecule is CN1C/C(=C\c2ccc(C(C)(C)C)cc2)C(=O)/C(=C/c2ccccc2F)C1. The Bertz CT molecular complexity index is 901. The van der Waals surface area contributed by atoms with Gasteiger partial charge in [-0.2, -0.15) is 0 Å². The van der Waals surface area contributed by atoms with Gasteiger partial charge in [0.15, 0.2) is 5.78 Å². The lowest BCUT2D eigenvalue weighted by Crippen LogP contribution is -2.34. The van der Waals surface area contributed by atoms with Gasteiger partial charge in [-0.25, -0.2) is 4.39 Å². The van der Waals surface area contributed by atoms with Crippen LogP contribution in [0.3, 0.4) is 0 Å². The number of ketones is 1. The second-order valence-electron chi connectivity index (χ2n) is 8.23. The fourth-order valence-electron chi connectivity index (χ4n) is 3.27. The molecular formula is C24H26FNO. The standard InChI is InChI=1S/C24H26FNO/c1-24(2,3)21-11-9-17(10-12-21)13-19-15-26(4)16-20(23(19)27)14-18-7-5-6-8-22(18)25/h5-14H,15-16H2,1-4H3/b19-13+,20-14+. The molecule has 0 aromatic heterocycles. The molecule has 0 N–H and O–H groups in total. The minimum Gasteiger partial charge on any atom is -0.298 e. The van der Waals surface area contributed by atoms with Crippen molar-refractivity contribution < 1.29 is 9.18 Å². The van der Waals surface area contributed by atoms with E-state index in [0.29, 0.717) is 24.2 Å². The third-order valence-electron chi connectivity index (χ3n) is 4.82. The monoisotopic (exact) mass is 363 g/mol. The van der Waals surface area contributed by atoms with Gasteiger partial charge in [0.25, 0.3) is 0 Å². The molecule has 0 bridgehead atoms. The highest BCUT2D eigenvalue weighted by Gasteiger charge is 2.24. The van der Waals surface area contributed by atoms with Gasteiger partial charge in [0.1, 0.15) is 5.82 Å².